The SMILES string of the molecule is Cc1ccc(C(F)(C#N)C(=O)O[C@@H](c2ccccc2)c2ccccc2C)cc1. The quantitative estimate of drug-likeness (QED) is 0.568. The molecule has 3 aromatic rings. The Morgan fingerprint density at radius 2 is 1.57 bits per heavy atom. The second-order valence-electron chi connectivity index (χ2n) is 6.69. The molecule has 0 saturated heterocycles. The van der Waals surface area contributed by atoms with Gasteiger partial charge in [0.05, 0.1) is 0 Å². The fraction of sp³-hybridized carbons (Fsp3) is 0.167. The lowest BCUT2D eigenvalue weighted by atomic mass is 9.95. The van der Waals surface area contributed by atoms with Gasteiger partial charge in [-0.1, -0.05) is 84.4 Å². The normalized spacial score (nSPS) is 13.8. The number of nitriles is 1. The van der Waals surface area contributed by atoms with E-state index in [-0.39, 0.29) is 5.56 Å². The van der Waals surface area contributed by atoms with Crippen molar-refractivity contribution in [2.45, 2.75) is 25.6 Å². The van der Waals surface area contributed by atoms with Crippen molar-refractivity contribution < 1.29 is 13.9 Å². The van der Waals surface area contributed by atoms with E-state index in [0.29, 0.717) is 5.56 Å². The van der Waals surface area contributed by atoms with Gasteiger partial charge < -0.3 is 4.74 Å². The number of carbonyl (C=O) groups excluding carboxylic acids is 1. The van der Waals surface area contributed by atoms with Crippen molar-refractivity contribution in [3.05, 3.63) is 107 Å². The molecule has 0 aliphatic carbocycles. The summed E-state index contributed by atoms with van der Waals surface area (Å²) in [5, 5.41) is 9.46. The summed E-state index contributed by atoms with van der Waals surface area (Å²) >= 11 is 0. The Bertz CT molecular complexity index is 1010. The number of aryl methyl sites for hydroxylation is 2. The summed E-state index contributed by atoms with van der Waals surface area (Å²) in [5.74, 6) is -1.23. The van der Waals surface area contributed by atoms with Crippen molar-refractivity contribution in [2.24, 2.45) is 0 Å². The van der Waals surface area contributed by atoms with Crippen LogP contribution in [0.1, 0.15) is 33.9 Å². The number of hydrogen-bond acceptors (Lipinski definition) is 3. The summed E-state index contributed by atoms with van der Waals surface area (Å²) in [6.07, 6.45) is -0.816. The van der Waals surface area contributed by atoms with Gasteiger partial charge in [-0.05, 0) is 30.5 Å². The van der Waals surface area contributed by atoms with Crippen LogP contribution in [-0.4, -0.2) is 5.97 Å². The molecule has 140 valence electrons. The lowest BCUT2D eigenvalue weighted by Gasteiger charge is -2.24. The van der Waals surface area contributed by atoms with E-state index in [4.69, 9.17) is 4.74 Å². The second kappa shape index (κ2) is 8.06. The van der Waals surface area contributed by atoms with Gasteiger partial charge in [-0.15, -0.1) is 0 Å². The molecule has 4 heteroatoms. The zero-order valence-electron chi connectivity index (χ0n) is 15.7. The molecule has 0 fully saturated rings. The topological polar surface area (TPSA) is 50.1 Å². The first-order chi connectivity index (χ1) is 13.5. The van der Waals surface area contributed by atoms with Crippen LogP contribution in [0.2, 0.25) is 0 Å². The summed E-state index contributed by atoms with van der Waals surface area (Å²) in [4.78, 5) is 12.8. The van der Waals surface area contributed by atoms with Gasteiger partial charge in [0.1, 0.15) is 6.07 Å². The highest BCUT2D eigenvalue weighted by atomic mass is 19.1. The zero-order chi connectivity index (χ0) is 20.1. The van der Waals surface area contributed by atoms with Gasteiger partial charge in [0.25, 0.3) is 0 Å². The summed E-state index contributed by atoms with van der Waals surface area (Å²) < 4.78 is 21.0. The molecular weight excluding hydrogens is 353 g/mol. The largest absolute Gasteiger partial charge is 0.449 e. The number of esters is 1. The molecule has 0 aliphatic rings. The minimum atomic E-state index is -2.89. The van der Waals surface area contributed by atoms with Crippen LogP contribution in [-0.2, 0) is 15.2 Å². The molecule has 0 aromatic heterocycles. The average Bonchev–Trinajstić information content (AvgIpc) is 2.73. The Morgan fingerprint density at radius 3 is 2.18 bits per heavy atom. The molecule has 0 N–H and O–H groups in total. The predicted octanol–water partition coefficient (Wildman–Crippen LogP) is 5.32. The van der Waals surface area contributed by atoms with Crippen LogP contribution in [0.3, 0.4) is 0 Å². The van der Waals surface area contributed by atoms with Gasteiger partial charge in [0.2, 0.25) is 0 Å². The summed E-state index contributed by atoms with van der Waals surface area (Å²) in [6, 6.07) is 24.2. The van der Waals surface area contributed by atoms with Crippen molar-refractivity contribution in [3.63, 3.8) is 0 Å². The Labute approximate surface area is 164 Å². The number of carbonyl (C=O) groups is 1. The van der Waals surface area contributed by atoms with Crippen LogP contribution >= 0.6 is 0 Å². The first kappa shape index (κ1) is 19.3. The molecule has 0 spiro atoms. The Balaban J connectivity index is 2.00. The van der Waals surface area contributed by atoms with Gasteiger partial charge in [-0.25, -0.2) is 9.18 Å². The standard InChI is InChI=1S/C24H20FNO2/c1-17-12-14-20(15-13-17)24(25,16-26)23(27)28-22(19-9-4-3-5-10-19)21-11-7-6-8-18(21)2/h3-15,22H,1-2H3/t22-,24?/m0/s1. The van der Waals surface area contributed by atoms with Crippen LogP contribution in [0.25, 0.3) is 0 Å². The minimum absolute atomic E-state index is 0.0396. The molecule has 0 heterocycles. The van der Waals surface area contributed by atoms with Gasteiger partial charge >= 0.3 is 11.6 Å². The molecule has 2 atom stereocenters. The second-order valence-corrected chi connectivity index (χ2v) is 6.69. The van der Waals surface area contributed by atoms with Crippen molar-refractivity contribution in [2.75, 3.05) is 0 Å². The van der Waals surface area contributed by atoms with E-state index < -0.39 is 17.7 Å². The lowest BCUT2D eigenvalue weighted by Crippen LogP contribution is -2.33. The fourth-order valence-electron chi connectivity index (χ4n) is 3.02. The number of ether oxygens (including phenoxy) is 1. The van der Waals surface area contributed by atoms with Gasteiger partial charge in [0.15, 0.2) is 6.10 Å². The molecule has 0 saturated carbocycles. The fourth-order valence-corrected chi connectivity index (χ4v) is 3.02. The molecule has 1 unspecified atom stereocenters. The van der Waals surface area contributed by atoms with Crippen molar-refractivity contribution in [3.8, 4) is 6.07 Å². The molecule has 0 aliphatic heterocycles. The number of benzene rings is 3. The van der Waals surface area contributed by atoms with E-state index in [1.165, 1.54) is 18.2 Å². The Kier molecular flexibility index (Phi) is 5.56. The monoisotopic (exact) mass is 373 g/mol. The van der Waals surface area contributed by atoms with E-state index in [0.717, 1.165) is 16.7 Å². The first-order valence-corrected chi connectivity index (χ1v) is 8.94. The van der Waals surface area contributed by atoms with E-state index in [1.807, 2.05) is 68.4 Å². The number of nitrogens with zero attached hydrogens (tertiary/aromatic N) is 1. The highest BCUT2D eigenvalue weighted by Crippen LogP contribution is 2.34. The lowest BCUT2D eigenvalue weighted by molar-refractivity contribution is -0.158. The van der Waals surface area contributed by atoms with Crippen LogP contribution in [0.5, 0.6) is 0 Å². The highest BCUT2D eigenvalue weighted by molar-refractivity contribution is 5.85. The molecular formula is C24H20FNO2. The summed E-state index contributed by atoms with van der Waals surface area (Å²) in [5.41, 5.74) is 0.326. The molecule has 0 amide bonds. The molecule has 3 nitrogen and oxygen atoms in total. The zero-order valence-corrected chi connectivity index (χ0v) is 15.7. The molecule has 0 radical (unpaired) electrons. The third kappa shape index (κ3) is 3.79. The number of hydrogen-bond donors (Lipinski definition) is 0. The summed E-state index contributed by atoms with van der Waals surface area (Å²) in [7, 11) is 0. The van der Waals surface area contributed by atoms with Gasteiger partial charge in [0, 0.05) is 5.56 Å². The van der Waals surface area contributed by atoms with Crippen molar-refractivity contribution in [1.29, 1.82) is 5.26 Å². The first-order valence-electron chi connectivity index (χ1n) is 8.94. The smallest absolute Gasteiger partial charge is 0.364 e. The number of halogens is 1. The van der Waals surface area contributed by atoms with Crippen molar-refractivity contribution in [1.82, 2.24) is 0 Å². The highest BCUT2D eigenvalue weighted by Gasteiger charge is 2.44. The van der Waals surface area contributed by atoms with E-state index >= 15 is 4.39 Å². The number of rotatable bonds is 5. The number of alkyl halides is 1. The molecule has 3 aromatic carbocycles. The molecule has 3 rings (SSSR count). The predicted molar refractivity (Wildman–Crippen MR) is 105 cm³/mol. The third-order valence-electron chi connectivity index (χ3n) is 4.68. The third-order valence-corrected chi connectivity index (χ3v) is 4.68. The Hall–Kier alpha value is -3.45. The van der Waals surface area contributed by atoms with Crippen LogP contribution in [0.15, 0.2) is 78.9 Å². The Morgan fingerprint density at radius 1 is 0.964 bits per heavy atom. The van der Waals surface area contributed by atoms with E-state index in [1.54, 1.807) is 12.1 Å². The maximum absolute atomic E-state index is 15.4. The van der Waals surface area contributed by atoms with E-state index in [9.17, 15) is 10.1 Å². The van der Waals surface area contributed by atoms with Crippen LogP contribution < -0.4 is 0 Å². The van der Waals surface area contributed by atoms with Gasteiger partial charge in [-0.3, -0.25) is 0 Å². The van der Waals surface area contributed by atoms with E-state index in [2.05, 4.69) is 0 Å². The van der Waals surface area contributed by atoms with Crippen LogP contribution in [0, 0.1) is 25.2 Å². The molecule has 28 heavy (non-hydrogen) atoms. The van der Waals surface area contributed by atoms with Crippen LogP contribution in [0.4, 0.5) is 4.39 Å². The van der Waals surface area contributed by atoms with Gasteiger partial charge in [-0.2, -0.15) is 5.26 Å². The maximum Gasteiger partial charge on any atom is 0.364 e. The van der Waals surface area contributed by atoms with Crippen molar-refractivity contribution >= 4 is 5.97 Å². The maximum atomic E-state index is 15.4. The average molecular weight is 373 g/mol. The minimum Gasteiger partial charge on any atom is -0.449 e. The molecule has 0 bridgehead atoms. The summed E-state index contributed by atoms with van der Waals surface area (Å²) in [6.45, 7) is 3.74.